The summed E-state index contributed by atoms with van der Waals surface area (Å²) in [5, 5.41) is 2.36. The lowest BCUT2D eigenvalue weighted by Gasteiger charge is -2.12. The Bertz CT molecular complexity index is 1520. The van der Waals surface area contributed by atoms with E-state index in [4.69, 9.17) is 9.98 Å². The van der Waals surface area contributed by atoms with Gasteiger partial charge in [-0.15, -0.1) is 0 Å². The Morgan fingerprint density at radius 1 is 0.750 bits per heavy atom. The number of hydrogen-bond donors (Lipinski definition) is 2. The molecule has 36 heavy (non-hydrogen) atoms. The molecule has 3 aliphatic heterocycles. The molecule has 5 rings (SSSR count). The molecule has 3 aliphatic rings. The highest BCUT2D eigenvalue weighted by Gasteiger charge is 2.27. The normalized spacial score (nSPS) is 20.8. The van der Waals surface area contributed by atoms with Gasteiger partial charge in [0.2, 0.25) is 0 Å². The van der Waals surface area contributed by atoms with Crippen molar-refractivity contribution >= 4 is 23.6 Å². The second-order valence-electron chi connectivity index (χ2n) is 10.4. The lowest BCUT2D eigenvalue weighted by atomic mass is 9.95. The van der Waals surface area contributed by atoms with E-state index in [0.717, 1.165) is 49.2 Å². The summed E-state index contributed by atoms with van der Waals surface area (Å²) in [7, 11) is 0. The van der Waals surface area contributed by atoms with Crippen LogP contribution in [-0.2, 0) is 19.3 Å². The van der Waals surface area contributed by atoms with Gasteiger partial charge in [0.1, 0.15) is 0 Å². The second-order valence-corrected chi connectivity index (χ2v) is 10.4. The van der Waals surface area contributed by atoms with Gasteiger partial charge in [0, 0.05) is 28.5 Å². The van der Waals surface area contributed by atoms with E-state index in [1.54, 1.807) is 0 Å². The molecular weight excluding hydrogens is 440 g/mol. The number of aromatic amines is 2. The Morgan fingerprint density at radius 2 is 1.50 bits per heavy atom. The summed E-state index contributed by atoms with van der Waals surface area (Å²) in [6.45, 7) is 18.0. The lowest BCUT2D eigenvalue weighted by Crippen LogP contribution is -2.14. The average Bonchev–Trinajstić information content (AvgIpc) is 3.51. The molecule has 2 aromatic rings. The molecule has 1 atom stereocenters. The number of H-pyrrole nitrogens is 2. The van der Waals surface area contributed by atoms with E-state index in [-0.39, 0.29) is 6.04 Å². The molecule has 0 aromatic carbocycles. The molecule has 2 N–H and O–H groups in total. The van der Waals surface area contributed by atoms with E-state index in [0.29, 0.717) is 0 Å². The number of hydrogen-bond acceptors (Lipinski definition) is 2. The van der Waals surface area contributed by atoms with Gasteiger partial charge in [0.25, 0.3) is 0 Å². The topological polar surface area (TPSA) is 56.3 Å². The number of nitrogens with zero attached hydrogens (tertiary/aromatic N) is 2. The van der Waals surface area contributed by atoms with Crippen molar-refractivity contribution in [3.8, 4) is 0 Å². The molecule has 0 spiro atoms. The summed E-state index contributed by atoms with van der Waals surface area (Å²) >= 11 is 0. The van der Waals surface area contributed by atoms with E-state index < -0.39 is 0 Å². The van der Waals surface area contributed by atoms with Gasteiger partial charge in [-0.2, -0.15) is 0 Å². The molecule has 4 nitrogen and oxygen atoms in total. The van der Waals surface area contributed by atoms with Crippen molar-refractivity contribution < 1.29 is 0 Å². The monoisotopic (exact) mass is 480 g/mol. The molecule has 8 bridgehead atoms. The lowest BCUT2D eigenvalue weighted by molar-refractivity contribution is 0.733. The standard InChI is InChI=1S/C32H40N4/c1-9-21-17(5)25-14-30-23(11-3)19(7)27(35-30)16-32-24(12-4)20(8)28(36-32)15-31-22(10-2)18(6)26(34-31)13-29(21)33-25/h13-15,32-33,35H,9-12,16H2,1-8H3/b25-14?,29-13?,31-15-. The van der Waals surface area contributed by atoms with Crippen LogP contribution in [0.2, 0.25) is 0 Å². The molecule has 0 fully saturated rings. The molecule has 5 heterocycles. The van der Waals surface area contributed by atoms with Gasteiger partial charge in [-0.1, -0.05) is 27.7 Å². The van der Waals surface area contributed by atoms with Gasteiger partial charge in [-0.25, -0.2) is 4.99 Å². The Hall–Kier alpha value is -3.14. The summed E-state index contributed by atoms with van der Waals surface area (Å²) in [6, 6.07) is 0.182. The number of allylic oxidation sites excluding steroid dienone is 4. The van der Waals surface area contributed by atoms with Crippen molar-refractivity contribution in [1.29, 1.82) is 0 Å². The van der Waals surface area contributed by atoms with E-state index in [1.165, 1.54) is 66.6 Å². The predicted octanol–water partition coefficient (Wildman–Crippen LogP) is 5.86. The van der Waals surface area contributed by atoms with Gasteiger partial charge < -0.3 is 9.97 Å². The van der Waals surface area contributed by atoms with Crippen molar-refractivity contribution in [2.24, 2.45) is 9.98 Å². The van der Waals surface area contributed by atoms with E-state index in [1.807, 2.05) is 0 Å². The van der Waals surface area contributed by atoms with Crippen molar-refractivity contribution in [3.63, 3.8) is 0 Å². The van der Waals surface area contributed by atoms with Crippen molar-refractivity contribution in [3.05, 3.63) is 78.4 Å². The molecule has 0 aliphatic carbocycles. The number of rotatable bonds is 4. The molecular formula is C32H40N4. The van der Waals surface area contributed by atoms with Crippen LogP contribution >= 0.6 is 0 Å². The maximum atomic E-state index is 5.27. The Labute approximate surface area is 215 Å². The van der Waals surface area contributed by atoms with Gasteiger partial charge >= 0.3 is 0 Å². The van der Waals surface area contributed by atoms with E-state index in [2.05, 4.69) is 83.6 Å². The molecule has 0 radical (unpaired) electrons. The molecule has 0 amide bonds. The number of fused-ring (bicyclic) bond motifs is 6. The highest BCUT2D eigenvalue weighted by Crippen LogP contribution is 2.33. The molecule has 0 saturated heterocycles. The minimum atomic E-state index is 0.182. The third kappa shape index (κ3) is 3.82. The Morgan fingerprint density at radius 3 is 2.17 bits per heavy atom. The van der Waals surface area contributed by atoms with Gasteiger partial charge in [-0.3, -0.25) is 4.99 Å². The smallest absolute Gasteiger partial charge is 0.0777 e. The average molecular weight is 481 g/mol. The summed E-state index contributed by atoms with van der Waals surface area (Å²) < 4.78 is 0. The maximum absolute atomic E-state index is 5.27. The number of aliphatic imine (C=N–C) groups is 2. The van der Waals surface area contributed by atoms with Crippen LogP contribution in [0.5, 0.6) is 0 Å². The summed E-state index contributed by atoms with van der Waals surface area (Å²) in [5.41, 5.74) is 16.6. The third-order valence-electron chi connectivity index (χ3n) is 8.60. The van der Waals surface area contributed by atoms with Crippen LogP contribution in [0.4, 0.5) is 0 Å². The minimum Gasteiger partial charge on any atom is -0.358 e. The van der Waals surface area contributed by atoms with E-state index >= 15 is 0 Å². The van der Waals surface area contributed by atoms with Crippen LogP contribution < -0.4 is 10.7 Å². The van der Waals surface area contributed by atoms with Crippen molar-refractivity contribution in [1.82, 2.24) is 9.97 Å². The largest absolute Gasteiger partial charge is 0.358 e. The fraction of sp³-hybridized carbons (Fsp3) is 0.438. The van der Waals surface area contributed by atoms with Crippen LogP contribution in [0.25, 0.3) is 12.2 Å². The summed E-state index contributed by atoms with van der Waals surface area (Å²) in [6.07, 6.45) is 11.7. The zero-order valence-electron chi connectivity index (χ0n) is 23.2. The van der Waals surface area contributed by atoms with Crippen LogP contribution in [0.3, 0.4) is 0 Å². The van der Waals surface area contributed by atoms with Crippen LogP contribution in [0, 0.1) is 13.8 Å². The first-order chi connectivity index (χ1) is 17.3. The van der Waals surface area contributed by atoms with Crippen LogP contribution in [0.1, 0.15) is 88.0 Å². The number of nitrogens with one attached hydrogen (secondary N) is 2. The van der Waals surface area contributed by atoms with Crippen LogP contribution in [-0.4, -0.2) is 27.4 Å². The van der Waals surface area contributed by atoms with Gasteiger partial charge in [0.05, 0.1) is 23.2 Å². The molecule has 188 valence electrons. The molecule has 4 heteroatoms. The van der Waals surface area contributed by atoms with Crippen molar-refractivity contribution in [2.75, 3.05) is 0 Å². The minimum absolute atomic E-state index is 0.182. The van der Waals surface area contributed by atoms with Gasteiger partial charge in [0.15, 0.2) is 0 Å². The molecule has 1 unspecified atom stereocenters. The second kappa shape index (κ2) is 9.38. The van der Waals surface area contributed by atoms with E-state index in [9.17, 15) is 0 Å². The Balaban J connectivity index is 1.83. The summed E-state index contributed by atoms with van der Waals surface area (Å²) in [4.78, 5) is 18.0. The maximum Gasteiger partial charge on any atom is 0.0777 e. The van der Waals surface area contributed by atoms with Crippen molar-refractivity contribution in [2.45, 2.75) is 93.5 Å². The third-order valence-corrected chi connectivity index (χ3v) is 8.60. The summed E-state index contributed by atoms with van der Waals surface area (Å²) in [5.74, 6) is 0. The first-order valence-corrected chi connectivity index (χ1v) is 13.7. The molecule has 2 aromatic heterocycles. The predicted molar refractivity (Wildman–Crippen MR) is 154 cm³/mol. The Kier molecular flexibility index (Phi) is 6.40. The number of aromatic nitrogens is 2. The van der Waals surface area contributed by atoms with Gasteiger partial charge in [-0.05, 0) is 116 Å². The zero-order valence-corrected chi connectivity index (χ0v) is 23.2. The SMILES string of the molecule is CCC1=C(C)C2=N/C1=C\C1=NC(Cc3[nH]c(c(CC)c3C)C=c3[nH]c(c(CC)c3C)=C2)C(CC)=C1C. The highest BCUT2D eigenvalue weighted by atomic mass is 14.9. The quantitative estimate of drug-likeness (QED) is 0.550. The highest BCUT2D eigenvalue weighted by molar-refractivity contribution is 6.23. The first kappa shape index (κ1) is 24.5. The van der Waals surface area contributed by atoms with Crippen LogP contribution in [0.15, 0.2) is 44.1 Å². The first-order valence-electron chi connectivity index (χ1n) is 13.7. The fourth-order valence-corrected chi connectivity index (χ4v) is 6.41. The molecule has 0 saturated carbocycles. The fourth-order valence-electron chi connectivity index (χ4n) is 6.41. The zero-order chi connectivity index (χ0) is 25.7.